The Morgan fingerprint density at radius 2 is 2.16 bits per heavy atom. The van der Waals surface area contributed by atoms with E-state index < -0.39 is 11.7 Å². The minimum atomic E-state index is -0.665. The Morgan fingerprint density at radius 3 is 2.89 bits per heavy atom. The molecule has 0 saturated carbocycles. The summed E-state index contributed by atoms with van der Waals surface area (Å²) in [5.41, 5.74) is 0.951. The first-order chi connectivity index (χ1) is 9.11. The van der Waals surface area contributed by atoms with Crippen molar-refractivity contribution in [3.8, 4) is 0 Å². The summed E-state index contributed by atoms with van der Waals surface area (Å²) in [6.07, 6.45) is 1.50. The number of benzene rings is 1. The first-order valence-corrected chi connectivity index (χ1v) is 5.89. The summed E-state index contributed by atoms with van der Waals surface area (Å²) in [7, 11) is 1.73. The average Bonchev–Trinajstić information content (AvgIpc) is 2.44. The summed E-state index contributed by atoms with van der Waals surface area (Å²) in [5, 5.41) is 5.27. The lowest BCUT2D eigenvalue weighted by atomic mass is 10.2. The van der Waals surface area contributed by atoms with Crippen LogP contribution in [0.4, 0.5) is 15.8 Å². The molecular formula is C13H11ClFN3O. The van der Waals surface area contributed by atoms with E-state index in [0.29, 0.717) is 0 Å². The van der Waals surface area contributed by atoms with E-state index in [1.807, 2.05) is 0 Å². The fourth-order valence-electron chi connectivity index (χ4n) is 1.50. The number of pyridine rings is 1. The van der Waals surface area contributed by atoms with Crippen LogP contribution in [0.15, 0.2) is 36.5 Å². The van der Waals surface area contributed by atoms with Gasteiger partial charge in [-0.25, -0.2) is 4.39 Å². The predicted molar refractivity (Wildman–Crippen MR) is 73.1 cm³/mol. The summed E-state index contributed by atoms with van der Waals surface area (Å²) in [5.74, 6) is -1.17. The van der Waals surface area contributed by atoms with Crippen LogP contribution in [0.5, 0.6) is 0 Å². The fraction of sp³-hybridized carbons (Fsp3) is 0.0769. The van der Waals surface area contributed by atoms with Gasteiger partial charge in [0.05, 0.1) is 10.7 Å². The van der Waals surface area contributed by atoms with Crippen molar-refractivity contribution < 1.29 is 9.18 Å². The Hall–Kier alpha value is -2.14. The summed E-state index contributed by atoms with van der Waals surface area (Å²) in [4.78, 5) is 15.9. The number of hydrogen-bond acceptors (Lipinski definition) is 3. The lowest BCUT2D eigenvalue weighted by molar-refractivity contribution is 0.102. The molecule has 98 valence electrons. The molecular weight excluding hydrogens is 269 g/mol. The zero-order valence-electron chi connectivity index (χ0n) is 10.1. The second-order valence-corrected chi connectivity index (χ2v) is 4.14. The number of carbonyl (C=O) groups is 1. The average molecular weight is 280 g/mol. The third-order valence-corrected chi connectivity index (χ3v) is 2.77. The summed E-state index contributed by atoms with van der Waals surface area (Å²) >= 11 is 5.64. The van der Waals surface area contributed by atoms with E-state index in [0.717, 1.165) is 5.69 Å². The number of anilines is 2. The highest BCUT2D eigenvalue weighted by Gasteiger charge is 2.12. The van der Waals surface area contributed by atoms with Gasteiger partial charge in [-0.15, -0.1) is 0 Å². The Morgan fingerprint density at radius 1 is 1.37 bits per heavy atom. The van der Waals surface area contributed by atoms with Gasteiger partial charge in [-0.2, -0.15) is 0 Å². The topological polar surface area (TPSA) is 54.0 Å². The molecule has 0 radical (unpaired) electrons. The number of carbonyl (C=O) groups excluding carboxylic acids is 1. The maximum atomic E-state index is 13.6. The third-order valence-electron chi connectivity index (χ3n) is 2.48. The van der Waals surface area contributed by atoms with Crippen molar-refractivity contribution in [3.05, 3.63) is 53.1 Å². The van der Waals surface area contributed by atoms with Crippen LogP contribution in [-0.4, -0.2) is 17.9 Å². The van der Waals surface area contributed by atoms with Crippen molar-refractivity contribution in [1.82, 2.24) is 4.98 Å². The van der Waals surface area contributed by atoms with E-state index in [2.05, 4.69) is 15.6 Å². The summed E-state index contributed by atoms with van der Waals surface area (Å²) < 4.78 is 13.6. The van der Waals surface area contributed by atoms with E-state index in [1.54, 1.807) is 25.2 Å². The summed E-state index contributed by atoms with van der Waals surface area (Å²) in [6.45, 7) is 0. The van der Waals surface area contributed by atoms with Gasteiger partial charge in [0.25, 0.3) is 5.91 Å². The van der Waals surface area contributed by atoms with E-state index in [1.165, 1.54) is 18.3 Å². The normalized spacial score (nSPS) is 10.1. The minimum absolute atomic E-state index is 0.0224. The van der Waals surface area contributed by atoms with Crippen molar-refractivity contribution in [2.24, 2.45) is 0 Å². The molecule has 0 atom stereocenters. The highest BCUT2D eigenvalue weighted by atomic mass is 35.5. The largest absolute Gasteiger partial charge is 0.388 e. The maximum Gasteiger partial charge on any atom is 0.274 e. The molecule has 4 nitrogen and oxygen atoms in total. The van der Waals surface area contributed by atoms with E-state index in [-0.39, 0.29) is 16.4 Å². The van der Waals surface area contributed by atoms with Gasteiger partial charge in [-0.1, -0.05) is 17.7 Å². The molecule has 2 rings (SSSR count). The number of rotatable bonds is 3. The number of nitrogens with one attached hydrogen (secondary N) is 2. The Balaban J connectivity index is 2.23. The molecule has 0 aliphatic heterocycles. The van der Waals surface area contributed by atoms with Gasteiger partial charge in [0.15, 0.2) is 5.82 Å². The van der Waals surface area contributed by atoms with Gasteiger partial charge >= 0.3 is 0 Å². The van der Waals surface area contributed by atoms with Crippen LogP contribution in [-0.2, 0) is 0 Å². The Bertz CT molecular complexity index is 619. The molecule has 0 unspecified atom stereocenters. The van der Waals surface area contributed by atoms with Crippen LogP contribution < -0.4 is 10.6 Å². The quantitative estimate of drug-likeness (QED) is 0.907. The van der Waals surface area contributed by atoms with Gasteiger partial charge in [0, 0.05) is 18.9 Å². The zero-order chi connectivity index (χ0) is 13.8. The first kappa shape index (κ1) is 13.3. The van der Waals surface area contributed by atoms with Crippen molar-refractivity contribution in [2.75, 3.05) is 17.7 Å². The second kappa shape index (κ2) is 5.67. The van der Waals surface area contributed by atoms with E-state index in [9.17, 15) is 9.18 Å². The van der Waals surface area contributed by atoms with Crippen molar-refractivity contribution in [1.29, 1.82) is 0 Å². The Kier molecular flexibility index (Phi) is 3.97. The number of aromatic nitrogens is 1. The predicted octanol–water partition coefficient (Wildman–Crippen LogP) is 3.17. The van der Waals surface area contributed by atoms with Crippen LogP contribution in [0.2, 0.25) is 5.02 Å². The highest BCUT2D eigenvalue weighted by Crippen LogP contribution is 2.22. The molecule has 1 amide bonds. The molecule has 0 fully saturated rings. The lowest BCUT2D eigenvalue weighted by Gasteiger charge is -2.07. The zero-order valence-corrected chi connectivity index (χ0v) is 10.8. The monoisotopic (exact) mass is 279 g/mol. The number of nitrogens with zero attached hydrogens (tertiary/aromatic N) is 1. The molecule has 0 bridgehead atoms. The molecule has 0 saturated heterocycles. The highest BCUT2D eigenvalue weighted by molar-refractivity contribution is 6.31. The molecule has 1 aromatic carbocycles. The van der Waals surface area contributed by atoms with Crippen molar-refractivity contribution in [2.45, 2.75) is 0 Å². The molecule has 0 spiro atoms. The van der Waals surface area contributed by atoms with Crippen LogP contribution >= 0.6 is 11.6 Å². The number of halogens is 2. The SMILES string of the molecule is CNc1ccnc(C(=O)Nc2cccc(Cl)c2F)c1. The summed E-state index contributed by atoms with van der Waals surface area (Å²) in [6, 6.07) is 7.68. The molecule has 2 N–H and O–H groups in total. The molecule has 2 aromatic rings. The molecule has 0 aliphatic rings. The van der Waals surface area contributed by atoms with Gasteiger partial charge in [0.2, 0.25) is 0 Å². The van der Waals surface area contributed by atoms with E-state index in [4.69, 9.17) is 11.6 Å². The van der Waals surface area contributed by atoms with Crippen molar-refractivity contribution in [3.63, 3.8) is 0 Å². The second-order valence-electron chi connectivity index (χ2n) is 3.74. The van der Waals surface area contributed by atoms with Crippen LogP contribution in [0.25, 0.3) is 0 Å². The fourth-order valence-corrected chi connectivity index (χ4v) is 1.67. The first-order valence-electron chi connectivity index (χ1n) is 5.51. The van der Waals surface area contributed by atoms with E-state index >= 15 is 0 Å². The lowest BCUT2D eigenvalue weighted by Crippen LogP contribution is -2.14. The van der Waals surface area contributed by atoms with Gasteiger partial charge in [-0.05, 0) is 24.3 Å². The molecule has 1 heterocycles. The number of amides is 1. The van der Waals surface area contributed by atoms with Crippen molar-refractivity contribution >= 4 is 28.9 Å². The maximum absolute atomic E-state index is 13.6. The standard InChI is InChI=1S/C13H11ClFN3O/c1-16-8-5-6-17-11(7-8)13(19)18-10-4-2-3-9(14)12(10)15/h2-7H,1H3,(H,16,17)(H,18,19). The molecule has 1 aromatic heterocycles. The Labute approximate surface area is 114 Å². The smallest absolute Gasteiger partial charge is 0.274 e. The van der Waals surface area contributed by atoms with Gasteiger partial charge in [-0.3, -0.25) is 9.78 Å². The molecule has 0 aliphatic carbocycles. The molecule has 19 heavy (non-hydrogen) atoms. The van der Waals surface area contributed by atoms with Crippen LogP contribution in [0.1, 0.15) is 10.5 Å². The number of hydrogen-bond donors (Lipinski definition) is 2. The minimum Gasteiger partial charge on any atom is -0.388 e. The van der Waals surface area contributed by atoms with Gasteiger partial charge in [0.1, 0.15) is 5.69 Å². The third kappa shape index (κ3) is 3.00. The van der Waals surface area contributed by atoms with Gasteiger partial charge < -0.3 is 10.6 Å². The molecule has 6 heteroatoms. The van der Waals surface area contributed by atoms with Crippen LogP contribution in [0, 0.1) is 5.82 Å². The van der Waals surface area contributed by atoms with Crippen LogP contribution in [0.3, 0.4) is 0 Å².